The zero-order valence-electron chi connectivity index (χ0n) is 21.9. The molecule has 7 unspecified atom stereocenters. The zero-order chi connectivity index (χ0) is 30.1. The summed E-state index contributed by atoms with van der Waals surface area (Å²) >= 11 is 0. The Hall–Kier alpha value is -1.13. The predicted octanol–water partition coefficient (Wildman–Crippen LogP) is -6.02. The highest BCUT2D eigenvalue weighted by atomic mass is 16.8. The lowest BCUT2D eigenvalue weighted by Gasteiger charge is -2.50. The monoisotopic (exact) mass is 588 g/mol. The minimum absolute atomic E-state index is 0.678. The first-order valence-electron chi connectivity index (χ1n) is 12.9. The molecule has 0 saturated carbocycles. The summed E-state index contributed by atoms with van der Waals surface area (Å²) in [6.45, 7) is 0.352. The van der Waals surface area contributed by atoms with E-state index in [1.807, 2.05) is 0 Å². The van der Waals surface area contributed by atoms with Crippen LogP contribution in [0.15, 0.2) is 0 Å². The minimum atomic E-state index is -2.83. The van der Waals surface area contributed by atoms with Crippen LogP contribution >= 0.6 is 0 Å². The van der Waals surface area contributed by atoms with Crippen LogP contribution in [0, 0.1) is 5.92 Å². The van der Waals surface area contributed by atoms with Gasteiger partial charge in [-0.15, -0.1) is 0 Å². The van der Waals surface area contributed by atoms with Crippen LogP contribution in [0.1, 0.15) is 20.3 Å². The van der Waals surface area contributed by atoms with Gasteiger partial charge in [-0.05, 0) is 6.92 Å². The first kappa shape index (κ1) is 33.4. The summed E-state index contributed by atoms with van der Waals surface area (Å²) in [7, 11) is 0. The number of hydrogen-bond acceptors (Lipinski definition) is 16. The molecule has 3 heterocycles. The summed E-state index contributed by atoms with van der Waals surface area (Å²) in [5.41, 5.74) is 0. The van der Waals surface area contributed by atoms with Gasteiger partial charge in [0.15, 0.2) is 6.29 Å². The Balaban J connectivity index is 1.90. The molecule has 3 aliphatic heterocycles. The number of rotatable bonds is 10. The maximum atomic E-state index is 12.4. The summed E-state index contributed by atoms with van der Waals surface area (Å²) in [6, 6.07) is 0. The van der Waals surface area contributed by atoms with Crippen molar-refractivity contribution in [2.24, 2.45) is 5.92 Å². The third-order valence-electron chi connectivity index (χ3n) is 7.72. The largest absolute Gasteiger partial charge is 0.477 e. The standard InChI is InChI=1S/C23H40O17/c1-7-9(27)3-23(22(34)35,39-18(7)14(30)10(28)4-24)40-20-15(31)11(5-25)37-21(17(20)33)38-19-12(6-26)36-8(2)13(29)16(19)32/h7-21,24-33H,3-6H2,1-2H3,(H,34,35)/t7-,8?,9-,10-,11?,12?,13?,14?,15+,16-,17?,18?,19-,20+,21+,23+/m1/s1. The molecule has 0 aromatic carbocycles. The van der Waals surface area contributed by atoms with Crippen LogP contribution in [0.2, 0.25) is 0 Å². The Bertz CT molecular complexity index is 831. The van der Waals surface area contributed by atoms with Crippen molar-refractivity contribution >= 4 is 5.97 Å². The van der Waals surface area contributed by atoms with Crippen molar-refractivity contribution in [3.63, 3.8) is 0 Å². The topological polar surface area (TPSA) is 286 Å². The van der Waals surface area contributed by atoms with Gasteiger partial charge in [0.2, 0.25) is 0 Å². The molecule has 0 bridgehead atoms. The Labute approximate surface area is 228 Å². The van der Waals surface area contributed by atoms with E-state index in [9.17, 15) is 61.0 Å². The van der Waals surface area contributed by atoms with Gasteiger partial charge in [-0.2, -0.15) is 0 Å². The maximum absolute atomic E-state index is 12.4. The fourth-order valence-electron chi connectivity index (χ4n) is 5.15. The summed E-state index contributed by atoms with van der Waals surface area (Å²) in [5.74, 6) is -5.63. The van der Waals surface area contributed by atoms with Crippen molar-refractivity contribution in [2.45, 2.75) is 112 Å². The molecule has 3 fully saturated rings. The number of carbonyl (C=O) groups is 1. The van der Waals surface area contributed by atoms with E-state index in [4.69, 9.17) is 23.7 Å². The van der Waals surface area contributed by atoms with Crippen LogP contribution in [0.25, 0.3) is 0 Å². The minimum Gasteiger partial charge on any atom is -0.477 e. The van der Waals surface area contributed by atoms with Gasteiger partial charge in [-0.3, -0.25) is 0 Å². The number of aliphatic hydroxyl groups is 10. The number of aliphatic hydroxyl groups excluding tert-OH is 10. The summed E-state index contributed by atoms with van der Waals surface area (Å²) in [6.07, 6.45) is -23.5. The first-order valence-corrected chi connectivity index (χ1v) is 12.9. The molecule has 0 amide bonds. The second-order valence-corrected chi connectivity index (χ2v) is 10.4. The highest BCUT2D eigenvalue weighted by Crippen LogP contribution is 2.40. The number of carboxylic acids is 1. The van der Waals surface area contributed by atoms with Crippen molar-refractivity contribution in [3.8, 4) is 0 Å². The maximum Gasteiger partial charge on any atom is 0.364 e. The van der Waals surface area contributed by atoms with Crippen LogP contribution in [0.5, 0.6) is 0 Å². The fraction of sp³-hybridized carbons (Fsp3) is 0.957. The fourth-order valence-corrected chi connectivity index (χ4v) is 5.15. The van der Waals surface area contributed by atoms with Gasteiger partial charge >= 0.3 is 5.97 Å². The number of ether oxygens (including phenoxy) is 5. The average Bonchev–Trinajstić information content (AvgIpc) is 2.93. The molecule has 234 valence electrons. The van der Waals surface area contributed by atoms with Gasteiger partial charge in [-0.25, -0.2) is 4.79 Å². The Morgan fingerprint density at radius 2 is 1.52 bits per heavy atom. The molecule has 3 rings (SSSR count). The molecule has 0 spiro atoms. The van der Waals surface area contributed by atoms with E-state index in [2.05, 4.69) is 0 Å². The quantitative estimate of drug-likeness (QED) is 0.113. The molecular formula is C23H40O17. The first-order chi connectivity index (χ1) is 18.7. The summed E-state index contributed by atoms with van der Waals surface area (Å²) in [5, 5.41) is 112. The van der Waals surface area contributed by atoms with Crippen LogP contribution in [0.3, 0.4) is 0 Å². The van der Waals surface area contributed by atoms with E-state index in [1.54, 1.807) is 0 Å². The molecule has 0 aromatic rings. The van der Waals surface area contributed by atoms with Gasteiger partial charge in [0.05, 0.1) is 38.1 Å². The van der Waals surface area contributed by atoms with Crippen LogP contribution < -0.4 is 0 Å². The molecule has 17 heteroatoms. The molecule has 0 aromatic heterocycles. The molecule has 16 atom stereocenters. The van der Waals surface area contributed by atoms with E-state index in [0.717, 1.165) is 0 Å². The summed E-state index contributed by atoms with van der Waals surface area (Å²) in [4.78, 5) is 12.4. The van der Waals surface area contributed by atoms with E-state index >= 15 is 0 Å². The van der Waals surface area contributed by atoms with Gasteiger partial charge in [0.1, 0.15) is 61.0 Å². The molecule has 0 radical (unpaired) electrons. The van der Waals surface area contributed by atoms with Gasteiger partial charge in [0.25, 0.3) is 5.79 Å². The van der Waals surface area contributed by atoms with Crippen molar-refractivity contribution in [2.75, 3.05) is 19.8 Å². The lowest BCUT2D eigenvalue weighted by Crippen LogP contribution is -2.68. The van der Waals surface area contributed by atoms with E-state index in [1.165, 1.54) is 13.8 Å². The van der Waals surface area contributed by atoms with E-state index in [0.29, 0.717) is 0 Å². The Morgan fingerprint density at radius 1 is 0.900 bits per heavy atom. The van der Waals surface area contributed by atoms with Crippen molar-refractivity contribution in [3.05, 3.63) is 0 Å². The lowest BCUT2D eigenvalue weighted by molar-refractivity contribution is -0.383. The molecule has 3 saturated heterocycles. The normalized spacial score (nSPS) is 48.0. The third kappa shape index (κ3) is 6.43. The number of carboxylic acid groups (broad SMARTS) is 1. The van der Waals surface area contributed by atoms with Crippen LogP contribution in [-0.4, -0.2) is 173 Å². The third-order valence-corrected chi connectivity index (χ3v) is 7.72. The molecule has 17 nitrogen and oxygen atoms in total. The van der Waals surface area contributed by atoms with Gasteiger partial charge in [0, 0.05) is 12.3 Å². The van der Waals surface area contributed by atoms with E-state index in [-0.39, 0.29) is 0 Å². The van der Waals surface area contributed by atoms with E-state index < -0.39 is 130 Å². The second-order valence-electron chi connectivity index (χ2n) is 10.4. The number of aliphatic carboxylic acids is 1. The zero-order valence-corrected chi connectivity index (χ0v) is 21.9. The SMILES string of the molecule is CC1OC(CO)[C@@H](O[C@@H]2OC(CO)[C@H](O)[C@H](O[C@]3(C(=O)O)C[C@@H](O)[C@@H](C)C(C(O)[C@H](O)CO)O3)C2O)[C@H](O)C1O. The Morgan fingerprint density at radius 3 is 2.08 bits per heavy atom. The molecule has 0 aliphatic carbocycles. The average molecular weight is 589 g/mol. The highest BCUT2D eigenvalue weighted by molar-refractivity contribution is 5.76. The van der Waals surface area contributed by atoms with Gasteiger partial charge < -0.3 is 79.9 Å². The molecule has 3 aliphatic rings. The molecular weight excluding hydrogens is 548 g/mol. The van der Waals surface area contributed by atoms with Crippen molar-refractivity contribution < 1.29 is 84.7 Å². The number of hydrogen-bond donors (Lipinski definition) is 11. The van der Waals surface area contributed by atoms with Crippen molar-refractivity contribution in [1.82, 2.24) is 0 Å². The summed E-state index contributed by atoms with van der Waals surface area (Å²) < 4.78 is 27.6. The second kappa shape index (κ2) is 13.4. The molecule has 11 N–H and O–H groups in total. The predicted molar refractivity (Wildman–Crippen MR) is 125 cm³/mol. The van der Waals surface area contributed by atoms with Crippen molar-refractivity contribution in [1.29, 1.82) is 0 Å². The van der Waals surface area contributed by atoms with Gasteiger partial charge in [-0.1, -0.05) is 6.92 Å². The highest BCUT2D eigenvalue weighted by Gasteiger charge is 2.59. The Kier molecular flexibility index (Phi) is 11.2. The molecule has 40 heavy (non-hydrogen) atoms. The lowest BCUT2D eigenvalue weighted by atomic mass is 9.84. The smallest absolute Gasteiger partial charge is 0.364 e. The van der Waals surface area contributed by atoms with Crippen LogP contribution in [-0.2, 0) is 28.5 Å². The van der Waals surface area contributed by atoms with Crippen LogP contribution in [0.4, 0.5) is 0 Å².